The van der Waals surface area contributed by atoms with Crippen molar-refractivity contribution in [2.24, 2.45) is 5.41 Å². The van der Waals surface area contributed by atoms with Gasteiger partial charge in [-0.05, 0) is 41.8 Å². The third kappa shape index (κ3) is 7.53. The van der Waals surface area contributed by atoms with Gasteiger partial charge in [-0.25, -0.2) is 0 Å². The zero-order valence-electron chi connectivity index (χ0n) is 18.9. The summed E-state index contributed by atoms with van der Waals surface area (Å²) in [4.78, 5) is 39.6. The Morgan fingerprint density at radius 1 is 1.18 bits per heavy atom. The fraction of sp³-hybridized carbons (Fsp3) is 0.435. The summed E-state index contributed by atoms with van der Waals surface area (Å²) in [6.45, 7) is 7.96. The number of nitrogens with zero attached hydrogens (tertiary/aromatic N) is 1. The molecule has 0 bridgehead atoms. The number of ether oxygens (including phenoxy) is 1. The van der Waals surface area contributed by atoms with Gasteiger partial charge in [0.25, 0.3) is 11.8 Å². The van der Waals surface area contributed by atoms with Crippen LogP contribution in [0.2, 0.25) is 4.34 Å². The molecule has 0 aliphatic carbocycles. The summed E-state index contributed by atoms with van der Waals surface area (Å²) in [5, 5.41) is 8.94. The van der Waals surface area contributed by atoms with E-state index in [1.165, 1.54) is 11.3 Å². The Bertz CT molecular complexity index is 987. The van der Waals surface area contributed by atoms with Gasteiger partial charge in [0.2, 0.25) is 5.91 Å². The topological polar surface area (TPSA) is 99.8 Å². The Balaban J connectivity index is 1.63. The maximum atomic E-state index is 13.0. The average Bonchev–Trinajstić information content (AvgIpc) is 3.20. The number of morpholine rings is 1. The van der Waals surface area contributed by atoms with Crippen LogP contribution in [-0.2, 0) is 14.3 Å². The van der Waals surface area contributed by atoms with Gasteiger partial charge in [0, 0.05) is 31.0 Å². The van der Waals surface area contributed by atoms with Crippen LogP contribution >= 0.6 is 22.9 Å². The lowest BCUT2D eigenvalue weighted by Gasteiger charge is -2.27. The first-order chi connectivity index (χ1) is 15.6. The first-order valence-electron chi connectivity index (χ1n) is 10.7. The normalized spacial score (nSPS) is 15.3. The molecule has 3 amide bonds. The molecule has 10 heteroatoms. The second-order valence-electron chi connectivity index (χ2n) is 8.94. The minimum Gasteiger partial charge on any atom is -0.370 e. The molecule has 0 radical (unpaired) electrons. The Hall–Kier alpha value is -2.46. The summed E-state index contributed by atoms with van der Waals surface area (Å²) >= 11 is 7.10. The van der Waals surface area contributed by atoms with Crippen LogP contribution in [0.3, 0.4) is 0 Å². The number of carbonyl (C=O) groups excluding carboxylic acids is 3. The third-order valence-corrected chi connectivity index (χ3v) is 6.12. The van der Waals surface area contributed by atoms with Crippen molar-refractivity contribution in [1.82, 2.24) is 10.6 Å². The summed E-state index contributed by atoms with van der Waals surface area (Å²) in [5.74, 6) is -0.631. The van der Waals surface area contributed by atoms with Crippen molar-refractivity contribution in [3.05, 3.63) is 45.6 Å². The molecule has 1 saturated heterocycles. The van der Waals surface area contributed by atoms with Gasteiger partial charge >= 0.3 is 0 Å². The number of benzene rings is 1. The van der Waals surface area contributed by atoms with Gasteiger partial charge in [-0.1, -0.05) is 32.4 Å². The van der Waals surface area contributed by atoms with Gasteiger partial charge in [0.1, 0.15) is 12.6 Å². The molecule has 0 saturated carbocycles. The molecule has 0 unspecified atom stereocenters. The summed E-state index contributed by atoms with van der Waals surface area (Å²) < 4.78 is 5.69. The largest absolute Gasteiger partial charge is 0.370 e. The molecule has 33 heavy (non-hydrogen) atoms. The van der Waals surface area contributed by atoms with Gasteiger partial charge in [-0.3, -0.25) is 14.4 Å². The van der Waals surface area contributed by atoms with Gasteiger partial charge in [0.05, 0.1) is 15.8 Å². The number of amides is 3. The summed E-state index contributed by atoms with van der Waals surface area (Å²) in [6, 6.07) is 9.77. The summed E-state index contributed by atoms with van der Waals surface area (Å²) in [6.07, 6.45) is 0. The first-order valence-corrected chi connectivity index (χ1v) is 11.9. The van der Waals surface area contributed by atoms with E-state index >= 15 is 0 Å². The minimum absolute atomic E-state index is 0.0455. The van der Waals surface area contributed by atoms with Crippen LogP contribution in [0.15, 0.2) is 36.4 Å². The molecule has 3 rings (SSSR count). The van der Waals surface area contributed by atoms with E-state index in [0.29, 0.717) is 34.6 Å². The molecular weight excluding hydrogens is 464 g/mol. The Kier molecular flexibility index (Phi) is 8.47. The fourth-order valence-corrected chi connectivity index (χ4v) is 4.11. The summed E-state index contributed by atoms with van der Waals surface area (Å²) in [7, 11) is 0. The number of nitrogens with one attached hydrogen (secondary N) is 3. The zero-order valence-corrected chi connectivity index (χ0v) is 20.5. The highest BCUT2D eigenvalue weighted by Crippen LogP contribution is 2.22. The average molecular weight is 493 g/mol. The quantitative estimate of drug-likeness (QED) is 0.525. The zero-order chi connectivity index (χ0) is 24.0. The van der Waals surface area contributed by atoms with Crippen LogP contribution in [0.1, 0.15) is 30.4 Å². The van der Waals surface area contributed by atoms with Crippen molar-refractivity contribution in [1.29, 1.82) is 0 Å². The highest BCUT2D eigenvalue weighted by molar-refractivity contribution is 7.18. The first kappa shape index (κ1) is 25.2. The lowest BCUT2D eigenvalue weighted by molar-refractivity contribution is -0.125. The molecule has 1 aromatic carbocycles. The molecule has 1 atom stereocenters. The number of hydrogen-bond donors (Lipinski definition) is 3. The highest BCUT2D eigenvalue weighted by Gasteiger charge is 2.23. The van der Waals surface area contributed by atoms with Gasteiger partial charge in [0.15, 0.2) is 0 Å². The molecule has 1 fully saturated rings. The van der Waals surface area contributed by atoms with Crippen LogP contribution in [-0.4, -0.2) is 56.6 Å². The van der Waals surface area contributed by atoms with E-state index in [2.05, 4.69) is 36.7 Å². The minimum atomic E-state index is -0.635. The predicted molar refractivity (Wildman–Crippen MR) is 131 cm³/mol. The Labute approximate surface area is 202 Å². The number of thiophene rings is 1. The van der Waals surface area contributed by atoms with Gasteiger partial charge in [-0.2, -0.15) is 0 Å². The molecule has 1 aromatic heterocycles. The van der Waals surface area contributed by atoms with Gasteiger partial charge < -0.3 is 25.6 Å². The monoisotopic (exact) mass is 492 g/mol. The highest BCUT2D eigenvalue weighted by atomic mass is 35.5. The van der Waals surface area contributed by atoms with Crippen molar-refractivity contribution in [2.45, 2.75) is 26.8 Å². The number of halogens is 1. The molecule has 8 nitrogen and oxygen atoms in total. The van der Waals surface area contributed by atoms with Crippen LogP contribution in [0.5, 0.6) is 0 Å². The molecule has 2 aromatic rings. The molecule has 2 heterocycles. The maximum Gasteiger partial charge on any atom is 0.261 e. The number of carbonyl (C=O) groups is 3. The van der Waals surface area contributed by atoms with E-state index in [4.69, 9.17) is 16.3 Å². The maximum absolute atomic E-state index is 13.0. The van der Waals surface area contributed by atoms with Crippen LogP contribution in [0, 0.1) is 5.41 Å². The summed E-state index contributed by atoms with van der Waals surface area (Å²) in [5.41, 5.74) is 1.31. The fourth-order valence-electron chi connectivity index (χ4n) is 3.15. The van der Waals surface area contributed by atoms with Crippen molar-refractivity contribution in [3.63, 3.8) is 0 Å². The van der Waals surface area contributed by atoms with Crippen molar-refractivity contribution in [3.8, 4) is 0 Å². The number of rotatable bonds is 8. The van der Waals surface area contributed by atoms with Crippen LogP contribution < -0.4 is 20.9 Å². The van der Waals surface area contributed by atoms with E-state index in [1.807, 2.05) is 0 Å². The van der Waals surface area contributed by atoms with Crippen LogP contribution in [0.25, 0.3) is 0 Å². The van der Waals surface area contributed by atoms with E-state index in [0.717, 1.165) is 5.69 Å². The number of anilines is 2. The SMILES string of the molecule is CC(C)(C)CN[C@H](CNC(=O)c1ccc(Cl)s1)C(=O)Nc1ccc(N2CCOCC2=O)cc1. The van der Waals surface area contributed by atoms with Crippen molar-refractivity contribution in [2.75, 3.05) is 43.1 Å². The molecular formula is C23H29ClN4O4S. The molecule has 0 spiro atoms. The second-order valence-corrected chi connectivity index (χ2v) is 10.7. The number of hydrogen-bond acceptors (Lipinski definition) is 6. The van der Waals surface area contributed by atoms with Crippen molar-refractivity contribution >= 4 is 52.0 Å². The standard InChI is InChI=1S/C23H29ClN4O4S/c1-23(2,3)14-26-17(12-25-22(31)18-8-9-19(24)33-18)21(30)27-15-4-6-16(7-5-15)28-10-11-32-13-20(28)29/h4-9,17,26H,10-14H2,1-3H3,(H,25,31)(H,27,30)/t17-/m1/s1. The second kappa shape index (κ2) is 11.1. The van der Waals surface area contributed by atoms with E-state index in [9.17, 15) is 14.4 Å². The van der Waals surface area contributed by atoms with Crippen molar-refractivity contribution < 1.29 is 19.1 Å². The Morgan fingerprint density at radius 2 is 1.91 bits per heavy atom. The lowest BCUT2D eigenvalue weighted by Crippen LogP contribution is -2.50. The molecule has 178 valence electrons. The van der Waals surface area contributed by atoms with E-state index in [-0.39, 0.29) is 36.3 Å². The molecule has 3 N–H and O–H groups in total. The smallest absolute Gasteiger partial charge is 0.261 e. The molecule has 1 aliphatic rings. The third-order valence-electron chi connectivity index (χ3n) is 4.89. The Morgan fingerprint density at radius 3 is 2.52 bits per heavy atom. The van der Waals surface area contributed by atoms with E-state index < -0.39 is 6.04 Å². The van der Waals surface area contributed by atoms with Crippen LogP contribution in [0.4, 0.5) is 11.4 Å². The predicted octanol–water partition coefficient (Wildman–Crippen LogP) is 3.14. The lowest BCUT2D eigenvalue weighted by atomic mass is 9.96. The molecule has 1 aliphatic heterocycles. The van der Waals surface area contributed by atoms with E-state index in [1.54, 1.807) is 41.3 Å². The van der Waals surface area contributed by atoms with Gasteiger partial charge in [-0.15, -0.1) is 11.3 Å².